The number of hydrogen-bond acceptors (Lipinski definition) is 5. The van der Waals surface area contributed by atoms with Gasteiger partial charge in [0.15, 0.2) is 0 Å². The van der Waals surface area contributed by atoms with Crippen LogP contribution in [0, 0.1) is 6.92 Å². The number of nitrogens with zero attached hydrogens (tertiary/aromatic N) is 1. The Bertz CT molecular complexity index is 988. The Morgan fingerprint density at radius 2 is 1.92 bits per heavy atom. The molecule has 0 aliphatic heterocycles. The first-order valence-corrected chi connectivity index (χ1v) is 7.92. The number of ether oxygens (including phenoxy) is 1. The molecule has 0 saturated heterocycles. The molecule has 0 radical (unpaired) electrons. The summed E-state index contributed by atoms with van der Waals surface area (Å²) >= 11 is 0. The summed E-state index contributed by atoms with van der Waals surface area (Å²) in [6.45, 7) is 1.93. The third kappa shape index (κ3) is 3.71. The zero-order valence-electron chi connectivity index (χ0n) is 14.4. The summed E-state index contributed by atoms with van der Waals surface area (Å²) in [5, 5.41) is 0.764. The SMILES string of the molecule is Cc1ccc2c(COC(=O)c3cccc(N(C)C)c3)cc(=O)oc2c1. The van der Waals surface area contributed by atoms with Crippen molar-refractivity contribution in [1.82, 2.24) is 0 Å². The van der Waals surface area contributed by atoms with E-state index in [2.05, 4.69) is 0 Å². The molecule has 128 valence electrons. The van der Waals surface area contributed by atoms with Crippen LogP contribution in [0.3, 0.4) is 0 Å². The molecule has 0 aliphatic rings. The summed E-state index contributed by atoms with van der Waals surface area (Å²) < 4.78 is 10.6. The van der Waals surface area contributed by atoms with Crippen molar-refractivity contribution >= 4 is 22.6 Å². The molecule has 0 fully saturated rings. The smallest absolute Gasteiger partial charge is 0.338 e. The average molecular weight is 337 g/mol. The molecule has 0 unspecified atom stereocenters. The van der Waals surface area contributed by atoms with E-state index in [1.54, 1.807) is 24.3 Å². The quantitative estimate of drug-likeness (QED) is 0.538. The minimum absolute atomic E-state index is 0.0101. The molecule has 0 spiro atoms. The van der Waals surface area contributed by atoms with Gasteiger partial charge in [0.1, 0.15) is 12.2 Å². The summed E-state index contributed by atoms with van der Waals surface area (Å²) in [5.41, 5.74) is 3.03. The van der Waals surface area contributed by atoms with E-state index in [-0.39, 0.29) is 6.61 Å². The van der Waals surface area contributed by atoms with Crippen molar-refractivity contribution in [2.24, 2.45) is 0 Å². The van der Waals surface area contributed by atoms with E-state index in [1.165, 1.54) is 6.07 Å². The van der Waals surface area contributed by atoms with Gasteiger partial charge in [0.2, 0.25) is 0 Å². The molecule has 5 nitrogen and oxygen atoms in total. The average Bonchev–Trinajstić information content (AvgIpc) is 2.58. The van der Waals surface area contributed by atoms with Crippen LogP contribution in [-0.4, -0.2) is 20.1 Å². The number of fused-ring (bicyclic) bond motifs is 1. The van der Waals surface area contributed by atoms with Gasteiger partial charge in [0, 0.05) is 36.8 Å². The van der Waals surface area contributed by atoms with Gasteiger partial charge in [0.25, 0.3) is 0 Å². The zero-order valence-corrected chi connectivity index (χ0v) is 14.4. The first-order valence-electron chi connectivity index (χ1n) is 7.92. The highest BCUT2D eigenvalue weighted by Crippen LogP contribution is 2.20. The third-order valence-corrected chi connectivity index (χ3v) is 3.94. The van der Waals surface area contributed by atoms with Gasteiger partial charge in [0.05, 0.1) is 5.56 Å². The van der Waals surface area contributed by atoms with E-state index in [1.807, 2.05) is 44.1 Å². The fraction of sp³-hybridized carbons (Fsp3) is 0.200. The standard InChI is InChI=1S/C20H19NO4/c1-13-7-8-17-15(11-19(22)25-18(17)9-13)12-24-20(23)14-5-4-6-16(10-14)21(2)3/h4-11H,12H2,1-3H3. The van der Waals surface area contributed by atoms with E-state index in [9.17, 15) is 9.59 Å². The van der Waals surface area contributed by atoms with Crippen molar-refractivity contribution in [3.05, 3.63) is 75.6 Å². The van der Waals surface area contributed by atoms with Crippen molar-refractivity contribution in [2.75, 3.05) is 19.0 Å². The minimum Gasteiger partial charge on any atom is -0.457 e. The number of benzene rings is 2. The Morgan fingerprint density at radius 1 is 1.12 bits per heavy atom. The van der Waals surface area contributed by atoms with Crippen LogP contribution in [0.4, 0.5) is 5.69 Å². The van der Waals surface area contributed by atoms with Crippen LogP contribution >= 0.6 is 0 Å². The van der Waals surface area contributed by atoms with Gasteiger partial charge in [-0.2, -0.15) is 0 Å². The van der Waals surface area contributed by atoms with Crippen molar-refractivity contribution in [1.29, 1.82) is 0 Å². The van der Waals surface area contributed by atoms with Gasteiger partial charge in [-0.1, -0.05) is 18.2 Å². The van der Waals surface area contributed by atoms with Crippen LogP contribution in [0.15, 0.2) is 57.7 Å². The molecular weight excluding hydrogens is 318 g/mol. The molecular formula is C20H19NO4. The van der Waals surface area contributed by atoms with E-state index in [4.69, 9.17) is 9.15 Å². The maximum Gasteiger partial charge on any atom is 0.338 e. The number of carbonyl (C=O) groups is 1. The molecule has 0 N–H and O–H groups in total. The number of anilines is 1. The van der Waals surface area contributed by atoms with Gasteiger partial charge in [-0.05, 0) is 36.8 Å². The Balaban J connectivity index is 1.84. The normalized spacial score (nSPS) is 10.7. The predicted molar refractivity (Wildman–Crippen MR) is 97.1 cm³/mol. The largest absolute Gasteiger partial charge is 0.457 e. The molecule has 5 heteroatoms. The second kappa shape index (κ2) is 6.81. The van der Waals surface area contributed by atoms with Crippen LogP contribution in [0.5, 0.6) is 0 Å². The number of hydrogen-bond donors (Lipinski definition) is 0. The molecule has 1 aromatic heterocycles. The van der Waals surface area contributed by atoms with Gasteiger partial charge >= 0.3 is 11.6 Å². The lowest BCUT2D eigenvalue weighted by Crippen LogP contribution is -2.11. The number of rotatable bonds is 4. The third-order valence-electron chi connectivity index (χ3n) is 3.94. The van der Waals surface area contributed by atoms with Crippen LogP contribution in [0.1, 0.15) is 21.5 Å². The monoisotopic (exact) mass is 337 g/mol. The number of esters is 1. The van der Waals surface area contributed by atoms with Crippen molar-refractivity contribution < 1.29 is 13.9 Å². The zero-order chi connectivity index (χ0) is 18.0. The van der Waals surface area contributed by atoms with Gasteiger partial charge in [-0.3, -0.25) is 0 Å². The Morgan fingerprint density at radius 3 is 2.68 bits per heavy atom. The first kappa shape index (κ1) is 16.8. The van der Waals surface area contributed by atoms with E-state index >= 15 is 0 Å². The van der Waals surface area contributed by atoms with Gasteiger partial charge < -0.3 is 14.1 Å². The van der Waals surface area contributed by atoms with Crippen molar-refractivity contribution in [2.45, 2.75) is 13.5 Å². The summed E-state index contributed by atoms with van der Waals surface area (Å²) in [7, 11) is 3.81. The van der Waals surface area contributed by atoms with Gasteiger partial charge in [-0.15, -0.1) is 0 Å². The van der Waals surface area contributed by atoms with Crippen LogP contribution in [0.2, 0.25) is 0 Å². The summed E-state index contributed by atoms with van der Waals surface area (Å²) in [4.78, 5) is 26.0. The van der Waals surface area contributed by atoms with Crippen molar-refractivity contribution in [3.63, 3.8) is 0 Å². The van der Waals surface area contributed by atoms with Crippen LogP contribution < -0.4 is 10.5 Å². The summed E-state index contributed by atoms with van der Waals surface area (Å²) in [6, 6.07) is 14.1. The second-order valence-electron chi connectivity index (χ2n) is 6.11. The maximum absolute atomic E-state index is 12.3. The van der Waals surface area contributed by atoms with Crippen molar-refractivity contribution in [3.8, 4) is 0 Å². The Hall–Kier alpha value is -3.08. The highest BCUT2D eigenvalue weighted by molar-refractivity contribution is 5.90. The lowest BCUT2D eigenvalue weighted by atomic mass is 10.1. The number of aryl methyl sites for hydroxylation is 1. The molecule has 0 aliphatic carbocycles. The lowest BCUT2D eigenvalue weighted by Gasteiger charge is -2.13. The highest BCUT2D eigenvalue weighted by Gasteiger charge is 2.12. The van der Waals surface area contributed by atoms with E-state index in [0.717, 1.165) is 16.6 Å². The fourth-order valence-corrected chi connectivity index (χ4v) is 2.59. The Labute approximate surface area is 145 Å². The molecule has 0 saturated carbocycles. The predicted octanol–water partition coefficient (Wildman–Crippen LogP) is 3.52. The fourth-order valence-electron chi connectivity index (χ4n) is 2.59. The molecule has 25 heavy (non-hydrogen) atoms. The lowest BCUT2D eigenvalue weighted by molar-refractivity contribution is 0.0474. The maximum atomic E-state index is 12.3. The highest BCUT2D eigenvalue weighted by atomic mass is 16.5. The van der Waals surface area contributed by atoms with Crippen LogP contribution in [-0.2, 0) is 11.3 Å². The molecule has 3 aromatic rings. The molecule has 1 heterocycles. The number of carbonyl (C=O) groups excluding carboxylic acids is 1. The minimum atomic E-state index is -0.459. The van der Waals surface area contributed by atoms with Crippen LogP contribution in [0.25, 0.3) is 11.0 Å². The molecule has 0 atom stereocenters. The molecule has 2 aromatic carbocycles. The molecule has 0 amide bonds. The van der Waals surface area contributed by atoms with E-state index < -0.39 is 11.6 Å². The summed E-state index contributed by atoms with van der Waals surface area (Å²) in [5.74, 6) is -0.433. The summed E-state index contributed by atoms with van der Waals surface area (Å²) in [6.07, 6.45) is 0. The first-order chi connectivity index (χ1) is 11.9. The topological polar surface area (TPSA) is 59.8 Å². The molecule has 0 bridgehead atoms. The Kier molecular flexibility index (Phi) is 4.57. The van der Waals surface area contributed by atoms with E-state index in [0.29, 0.717) is 16.7 Å². The second-order valence-corrected chi connectivity index (χ2v) is 6.11. The van der Waals surface area contributed by atoms with Gasteiger partial charge in [-0.25, -0.2) is 9.59 Å². The molecule has 3 rings (SSSR count).